The molecule has 0 heterocycles. The summed E-state index contributed by atoms with van der Waals surface area (Å²) in [5.74, 6) is -0.950. The van der Waals surface area contributed by atoms with Gasteiger partial charge in [-0.2, -0.15) is 0 Å². The fourth-order valence-electron chi connectivity index (χ4n) is 2.87. The predicted molar refractivity (Wildman–Crippen MR) is 109 cm³/mol. The van der Waals surface area contributed by atoms with E-state index in [0.717, 1.165) is 16.7 Å². The number of aromatic carboxylic acids is 1. The Morgan fingerprint density at radius 1 is 0.893 bits per heavy atom. The van der Waals surface area contributed by atoms with Crippen LogP contribution in [0.2, 0.25) is 0 Å². The highest BCUT2D eigenvalue weighted by Gasteiger charge is 2.14. The summed E-state index contributed by atoms with van der Waals surface area (Å²) in [5.41, 5.74) is 3.64. The van der Waals surface area contributed by atoms with Crippen LogP contribution in [0.25, 0.3) is 0 Å². The van der Waals surface area contributed by atoms with E-state index in [2.05, 4.69) is 4.72 Å². The van der Waals surface area contributed by atoms with Gasteiger partial charge in [-0.15, -0.1) is 0 Å². The molecule has 6 heteroatoms. The van der Waals surface area contributed by atoms with Crippen molar-refractivity contribution >= 4 is 21.7 Å². The highest BCUT2D eigenvalue weighted by molar-refractivity contribution is 7.92. The average molecular weight is 395 g/mol. The highest BCUT2D eigenvalue weighted by atomic mass is 32.2. The van der Waals surface area contributed by atoms with Gasteiger partial charge in [-0.25, -0.2) is 13.2 Å². The number of carbonyl (C=O) groups is 1. The third-order valence-electron chi connectivity index (χ3n) is 4.39. The van der Waals surface area contributed by atoms with Crippen molar-refractivity contribution in [1.29, 1.82) is 0 Å². The van der Waals surface area contributed by atoms with Gasteiger partial charge < -0.3 is 5.11 Å². The molecular formula is C22H21NO4S. The molecule has 28 heavy (non-hydrogen) atoms. The van der Waals surface area contributed by atoms with Crippen molar-refractivity contribution in [2.24, 2.45) is 0 Å². The van der Waals surface area contributed by atoms with Gasteiger partial charge in [0, 0.05) is 5.69 Å². The number of hydrogen-bond donors (Lipinski definition) is 2. The Kier molecular flexibility index (Phi) is 5.80. The minimum absolute atomic E-state index is 0.217. The van der Waals surface area contributed by atoms with Gasteiger partial charge in [0.1, 0.15) is 0 Å². The molecule has 0 aliphatic carbocycles. The number of aryl methyl sites for hydroxylation is 3. The fourth-order valence-corrected chi connectivity index (χ4v) is 3.92. The van der Waals surface area contributed by atoms with E-state index in [4.69, 9.17) is 5.11 Å². The third-order valence-corrected chi connectivity index (χ3v) is 5.78. The van der Waals surface area contributed by atoms with Gasteiger partial charge in [0.2, 0.25) is 0 Å². The molecule has 3 aromatic rings. The second-order valence-electron chi connectivity index (χ2n) is 6.62. The Morgan fingerprint density at radius 3 is 2.14 bits per heavy atom. The number of anilines is 1. The Morgan fingerprint density at radius 2 is 1.50 bits per heavy atom. The first kappa shape index (κ1) is 19.6. The molecule has 3 aromatic carbocycles. The standard InChI is InChI=1S/C22H21NO4S/c1-16-8-12-21(13-9-16)28(26,27)23-20-7-3-5-18(15-20)11-10-17-4-2-6-19(14-17)22(24)25/h2-9,12-15,23H,10-11H2,1H3,(H,24,25). The molecule has 0 atom stereocenters. The van der Waals surface area contributed by atoms with Crippen LogP contribution in [-0.2, 0) is 22.9 Å². The van der Waals surface area contributed by atoms with Gasteiger partial charge in [0.05, 0.1) is 10.5 Å². The van der Waals surface area contributed by atoms with Crippen LogP contribution in [-0.4, -0.2) is 19.5 Å². The summed E-state index contributed by atoms with van der Waals surface area (Å²) in [6, 6.07) is 20.7. The maximum absolute atomic E-state index is 12.5. The van der Waals surface area contributed by atoms with E-state index in [1.54, 1.807) is 60.7 Å². The predicted octanol–water partition coefficient (Wildman–Crippen LogP) is 4.28. The molecule has 5 nitrogen and oxygen atoms in total. The van der Waals surface area contributed by atoms with Crippen LogP contribution < -0.4 is 4.72 Å². The van der Waals surface area contributed by atoms with E-state index in [0.29, 0.717) is 18.5 Å². The molecule has 0 aliphatic rings. The van der Waals surface area contributed by atoms with Gasteiger partial charge >= 0.3 is 5.97 Å². The molecule has 0 bridgehead atoms. The van der Waals surface area contributed by atoms with E-state index in [9.17, 15) is 13.2 Å². The SMILES string of the molecule is Cc1ccc(S(=O)(=O)Nc2cccc(CCc3cccc(C(=O)O)c3)c2)cc1. The smallest absolute Gasteiger partial charge is 0.335 e. The number of carboxylic acids is 1. The molecule has 2 N–H and O–H groups in total. The molecule has 0 spiro atoms. The van der Waals surface area contributed by atoms with Crippen LogP contribution in [0, 0.1) is 6.92 Å². The molecule has 0 aliphatic heterocycles. The molecule has 0 aromatic heterocycles. The molecule has 0 saturated heterocycles. The lowest BCUT2D eigenvalue weighted by Gasteiger charge is -2.10. The van der Waals surface area contributed by atoms with Gasteiger partial charge in [-0.1, -0.05) is 42.0 Å². The Balaban J connectivity index is 1.71. The summed E-state index contributed by atoms with van der Waals surface area (Å²) >= 11 is 0. The normalized spacial score (nSPS) is 11.2. The zero-order valence-electron chi connectivity index (χ0n) is 15.4. The number of sulfonamides is 1. The van der Waals surface area contributed by atoms with Crippen LogP contribution in [0.15, 0.2) is 77.7 Å². The first-order valence-corrected chi connectivity index (χ1v) is 10.3. The number of benzene rings is 3. The summed E-state index contributed by atoms with van der Waals surface area (Å²) in [7, 11) is -3.64. The first-order chi connectivity index (χ1) is 13.3. The van der Waals surface area contributed by atoms with Gasteiger partial charge in [-0.05, 0) is 67.3 Å². The number of carboxylic acid groups (broad SMARTS) is 1. The first-order valence-electron chi connectivity index (χ1n) is 8.84. The summed E-state index contributed by atoms with van der Waals surface area (Å²) in [4.78, 5) is 11.3. The van der Waals surface area contributed by atoms with Crippen LogP contribution in [0.3, 0.4) is 0 Å². The molecular weight excluding hydrogens is 374 g/mol. The van der Waals surface area contributed by atoms with Gasteiger partial charge in [0.15, 0.2) is 0 Å². The van der Waals surface area contributed by atoms with Crippen LogP contribution in [0.5, 0.6) is 0 Å². The van der Waals surface area contributed by atoms with Gasteiger partial charge in [-0.3, -0.25) is 4.72 Å². The van der Waals surface area contributed by atoms with E-state index in [1.807, 2.05) is 19.1 Å². The topological polar surface area (TPSA) is 83.5 Å². The third kappa shape index (κ3) is 4.98. The lowest BCUT2D eigenvalue weighted by molar-refractivity contribution is 0.0696. The van der Waals surface area contributed by atoms with Crippen molar-refractivity contribution < 1.29 is 18.3 Å². The number of hydrogen-bond acceptors (Lipinski definition) is 3. The molecule has 144 valence electrons. The van der Waals surface area contributed by atoms with Crippen molar-refractivity contribution in [3.63, 3.8) is 0 Å². The molecule has 0 amide bonds. The number of nitrogens with one attached hydrogen (secondary N) is 1. The zero-order chi connectivity index (χ0) is 20.1. The molecule has 0 fully saturated rings. The maximum Gasteiger partial charge on any atom is 0.335 e. The number of rotatable bonds is 7. The second-order valence-corrected chi connectivity index (χ2v) is 8.31. The Labute approximate surface area is 164 Å². The van der Waals surface area contributed by atoms with Crippen LogP contribution in [0.4, 0.5) is 5.69 Å². The lowest BCUT2D eigenvalue weighted by Crippen LogP contribution is -2.13. The average Bonchev–Trinajstić information content (AvgIpc) is 2.67. The van der Waals surface area contributed by atoms with Crippen LogP contribution in [0.1, 0.15) is 27.0 Å². The molecule has 0 unspecified atom stereocenters. The van der Waals surface area contributed by atoms with E-state index < -0.39 is 16.0 Å². The van der Waals surface area contributed by atoms with Crippen molar-refractivity contribution in [3.8, 4) is 0 Å². The Bertz CT molecular complexity index is 1090. The van der Waals surface area contributed by atoms with Crippen molar-refractivity contribution in [1.82, 2.24) is 0 Å². The van der Waals surface area contributed by atoms with Crippen LogP contribution >= 0.6 is 0 Å². The van der Waals surface area contributed by atoms with Crippen molar-refractivity contribution in [2.75, 3.05) is 4.72 Å². The molecule has 0 radical (unpaired) electrons. The molecule has 3 rings (SSSR count). The quantitative estimate of drug-likeness (QED) is 0.625. The lowest BCUT2D eigenvalue weighted by atomic mass is 10.0. The second kappa shape index (κ2) is 8.27. The summed E-state index contributed by atoms with van der Waals surface area (Å²) in [5, 5.41) is 9.08. The van der Waals surface area contributed by atoms with E-state index in [1.165, 1.54) is 0 Å². The largest absolute Gasteiger partial charge is 0.478 e. The zero-order valence-corrected chi connectivity index (χ0v) is 16.2. The minimum atomic E-state index is -3.64. The van der Waals surface area contributed by atoms with Gasteiger partial charge in [0.25, 0.3) is 10.0 Å². The van der Waals surface area contributed by atoms with E-state index in [-0.39, 0.29) is 10.5 Å². The van der Waals surface area contributed by atoms with Crippen molar-refractivity contribution in [2.45, 2.75) is 24.7 Å². The molecule has 0 saturated carbocycles. The summed E-state index contributed by atoms with van der Waals surface area (Å²) < 4.78 is 27.7. The fraction of sp³-hybridized carbons (Fsp3) is 0.136. The summed E-state index contributed by atoms with van der Waals surface area (Å²) in [6.45, 7) is 1.90. The van der Waals surface area contributed by atoms with E-state index >= 15 is 0 Å². The van der Waals surface area contributed by atoms with Crippen molar-refractivity contribution in [3.05, 3.63) is 95.1 Å². The Hall–Kier alpha value is -3.12. The minimum Gasteiger partial charge on any atom is -0.478 e. The maximum atomic E-state index is 12.5. The monoisotopic (exact) mass is 395 g/mol. The summed E-state index contributed by atoms with van der Waals surface area (Å²) in [6.07, 6.45) is 1.33. The highest BCUT2D eigenvalue weighted by Crippen LogP contribution is 2.19.